The summed E-state index contributed by atoms with van der Waals surface area (Å²) in [5.74, 6) is 0.307. The van der Waals surface area contributed by atoms with E-state index in [0.29, 0.717) is 11.6 Å². The van der Waals surface area contributed by atoms with Crippen LogP contribution < -0.4 is 9.80 Å². The van der Waals surface area contributed by atoms with E-state index in [-0.39, 0.29) is 5.82 Å². The van der Waals surface area contributed by atoms with Crippen LogP contribution in [0.3, 0.4) is 0 Å². The van der Waals surface area contributed by atoms with E-state index in [9.17, 15) is 0 Å². The monoisotopic (exact) mass is 996 g/mol. The van der Waals surface area contributed by atoms with Crippen molar-refractivity contribution in [1.82, 2.24) is 9.97 Å². The van der Waals surface area contributed by atoms with E-state index >= 15 is 4.39 Å². The Morgan fingerprint density at radius 3 is 1.36 bits per heavy atom. The van der Waals surface area contributed by atoms with Crippen molar-refractivity contribution in [3.05, 3.63) is 301 Å². The number of fused-ring (bicyclic) bond motifs is 14. The Kier molecular flexibility index (Phi) is 9.70. The molecule has 1 heterocycles. The molecule has 5 heteroatoms. The Labute approximate surface area is 451 Å². The number of anilines is 6. The molecule has 0 amide bonds. The zero-order valence-corrected chi connectivity index (χ0v) is 42.1. The van der Waals surface area contributed by atoms with Crippen LogP contribution in [0.1, 0.15) is 22.3 Å². The molecule has 0 atom stereocenters. The molecule has 0 N–H and O–H groups in total. The van der Waals surface area contributed by atoms with Crippen LogP contribution in [-0.4, -0.2) is 9.97 Å². The number of rotatable bonds is 8. The lowest BCUT2D eigenvalue weighted by molar-refractivity contribution is 0.629. The summed E-state index contributed by atoms with van der Waals surface area (Å²) in [6, 6.07) is 92.4. The molecule has 1 aromatic heterocycles. The van der Waals surface area contributed by atoms with Gasteiger partial charge in [-0.15, -0.1) is 0 Å². The van der Waals surface area contributed by atoms with E-state index in [2.05, 4.69) is 232 Å². The second-order valence-corrected chi connectivity index (χ2v) is 20.4. The predicted octanol–water partition coefficient (Wildman–Crippen LogP) is 19.2. The van der Waals surface area contributed by atoms with Crippen LogP contribution in [-0.2, 0) is 5.41 Å². The molecule has 0 bridgehead atoms. The highest BCUT2D eigenvalue weighted by Crippen LogP contribution is 2.65. The van der Waals surface area contributed by atoms with Crippen molar-refractivity contribution in [2.24, 2.45) is 0 Å². The fraction of sp³-hybridized carbons (Fsp3) is 0.0137. The van der Waals surface area contributed by atoms with Crippen molar-refractivity contribution in [3.8, 4) is 66.8 Å². The van der Waals surface area contributed by atoms with Crippen molar-refractivity contribution >= 4 is 55.9 Å². The van der Waals surface area contributed by atoms with Gasteiger partial charge in [-0.1, -0.05) is 200 Å². The van der Waals surface area contributed by atoms with E-state index in [1.807, 2.05) is 36.4 Å². The molecule has 13 aromatic rings. The fourth-order valence-electron chi connectivity index (χ4n) is 13.6. The van der Waals surface area contributed by atoms with Crippen molar-refractivity contribution < 1.29 is 4.39 Å². The van der Waals surface area contributed by atoms with Crippen LogP contribution in [0.4, 0.5) is 38.8 Å². The van der Waals surface area contributed by atoms with Gasteiger partial charge < -0.3 is 4.90 Å². The second-order valence-electron chi connectivity index (χ2n) is 20.4. The fourth-order valence-corrected chi connectivity index (χ4v) is 13.6. The normalized spacial score (nSPS) is 12.8. The maximum Gasteiger partial charge on any atom is 0.234 e. The molecule has 0 saturated carbocycles. The molecule has 364 valence electrons. The summed E-state index contributed by atoms with van der Waals surface area (Å²) in [5, 5.41) is 4.78. The summed E-state index contributed by atoms with van der Waals surface area (Å²) in [6.07, 6.45) is 3.57. The highest BCUT2D eigenvalue weighted by molar-refractivity contribution is 6.27. The first-order chi connectivity index (χ1) is 38.7. The summed E-state index contributed by atoms with van der Waals surface area (Å²) in [6.45, 7) is 0. The summed E-state index contributed by atoms with van der Waals surface area (Å²) >= 11 is 0. The molecule has 0 radical (unpaired) electrons. The van der Waals surface area contributed by atoms with E-state index < -0.39 is 5.41 Å². The molecule has 1 spiro atoms. The molecule has 3 aliphatic carbocycles. The van der Waals surface area contributed by atoms with Gasteiger partial charge in [-0.25, -0.2) is 14.4 Å². The van der Waals surface area contributed by atoms with Gasteiger partial charge in [0.1, 0.15) is 5.82 Å². The summed E-state index contributed by atoms with van der Waals surface area (Å²) in [7, 11) is 0. The molecule has 16 rings (SSSR count). The first-order valence-corrected chi connectivity index (χ1v) is 26.6. The maximum absolute atomic E-state index is 16.8. The minimum absolute atomic E-state index is 0.295. The Bertz CT molecular complexity index is 4480. The summed E-state index contributed by atoms with van der Waals surface area (Å²) in [5.41, 5.74) is 22.8. The van der Waals surface area contributed by atoms with Gasteiger partial charge in [0, 0.05) is 35.0 Å². The Balaban J connectivity index is 0.889. The average molecular weight is 997 g/mol. The lowest BCUT2D eigenvalue weighted by Crippen LogP contribution is -2.26. The van der Waals surface area contributed by atoms with Gasteiger partial charge >= 0.3 is 0 Å². The van der Waals surface area contributed by atoms with Gasteiger partial charge in [0.25, 0.3) is 0 Å². The third-order valence-corrected chi connectivity index (χ3v) is 16.6. The molecule has 0 unspecified atom stereocenters. The van der Waals surface area contributed by atoms with Gasteiger partial charge in [0.05, 0.1) is 16.8 Å². The lowest BCUT2D eigenvalue weighted by Gasteiger charge is -2.32. The lowest BCUT2D eigenvalue weighted by atomic mass is 9.70. The average Bonchev–Trinajstić information content (AvgIpc) is 2.65. The second kappa shape index (κ2) is 17.2. The van der Waals surface area contributed by atoms with Gasteiger partial charge in [-0.2, -0.15) is 0 Å². The molecule has 78 heavy (non-hydrogen) atoms. The zero-order chi connectivity index (χ0) is 51.5. The van der Waals surface area contributed by atoms with Crippen molar-refractivity contribution in [3.63, 3.8) is 0 Å². The smallest absolute Gasteiger partial charge is 0.234 e. The Morgan fingerprint density at radius 2 is 0.756 bits per heavy atom. The standard InChI is InChI=1S/C73H45FN4/c74-63-33-12-13-34-64(63)78(65-35-16-32-62-69(65)56-26-8-11-31-61(56)73(62)59-29-9-6-22-52(59)53-23-7-10-30-60(53)73)51-42-38-48(39-43-51)68-55-25-5-4-24-54(55)67(70-57-27-14-18-46-19-15-28-58(66(46)57)71(68)70)47-36-40-50(41-37-47)77(49-20-2-1-3-21-49)72-75-44-17-45-76-72/h1-45H. The van der Waals surface area contributed by atoms with Crippen molar-refractivity contribution in [2.75, 3.05) is 9.80 Å². The molecule has 4 nitrogen and oxygen atoms in total. The number of benzene rings is 12. The van der Waals surface area contributed by atoms with Gasteiger partial charge in [0.15, 0.2) is 0 Å². The quantitative estimate of drug-likeness (QED) is 0.152. The highest BCUT2D eigenvalue weighted by atomic mass is 19.1. The number of nitrogens with zero attached hydrogens (tertiary/aromatic N) is 4. The van der Waals surface area contributed by atoms with Crippen molar-refractivity contribution in [1.29, 1.82) is 0 Å². The summed E-state index contributed by atoms with van der Waals surface area (Å²) in [4.78, 5) is 13.6. The van der Waals surface area contributed by atoms with Crippen LogP contribution in [0, 0.1) is 5.82 Å². The minimum atomic E-state index is -0.546. The van der Waals surface area contributed by atoms with Gasteiger partial charge in [0.2, 0.25) is 5.95 Å². The molecule has 0 aliphatic heterocycles. The molecule has 12 aromatic carbocycles. The largest absolute Gasteiger partial charge is 0.307 e. The molecule has 0 saturated heterocycles. The van der Waals surface area contributed by atoms with E-state index in [4.69, 9.17) is 0 Å². The van der Waals surface area contributed by atoms with Crippen molar-refractivity contribution in [2.45, 2.75) is 5.41 Å². The van der Waals surface area contributed by atoms with Crippen LogP contribution in [0.5, 0.6) is 0 Å². The molecular formula is C73H45FN4. The van der Waals surface area contributed by atoms with Crippen LogP contribution in [0.15, 0.2) is 273 Å². The first-order valence-electron chi connectivity index (χ1n) is 26.6. The molecular weight excluding hydrogens is 952 g/mol. The van der Waals surface area contributed by atoms with Gasteiger partial charge in [-0.3, -0.25) is 4.90 Å². The van der Waals surface area contributed by atoms with E-state index in [1.54, 1.807) is 24.5 Å². The van der Waals surface area contributed by atoms with Crippen LogP contribution in [0.25, 0.3) is 88.3 Å². The number of aromatic nitrogens is 2. The number of hydrogen-bond donors (Lipinski definition) is 0. The first kappa shape index (κ1) is 44.1. The number of para-hydroxylation sites is 2. The van der Waals surface area contributed by atoms with Crippen LogP contribution >= 0.6 is 0 Å². The number of halogens is 1. The molecule has 0 fully saturated rings. The topological polar surface area (TPSA) is 32.3 Å². The van der Waals surface area contributed by atoms with Gasteiger partial charge in [-0.05, 0) is 166 Å². The SMILES string of the molecule is Fc1ccccc1N(c1ccc(-c2c3c(c(-c4ccc(N(c5ccccc5)c5ncccn5)cc4)c4ccccc24)-c2cccc4cccc-3c24)cc1)c1cccc2c1-c1ccccc1C21c2ccccc2-c2ccccc21. The van der Waals surface area contributed by atoms with E-state index in [0.717, 1.165) is 55.8 Å². The number of hydrogen-bond acceptors (Lipinski definition) is 4. The Hall–Kier alpha value is -10.2. The Morgan fingerprint density at radius 1 is 0.308 bits per heavy atom. The summed E-state index contributed by atoms with van der Waals surface area (Å²) < 4.78 is 16.8. The maximum atomic E-state index is 16.8. The molecule has 3 aliphatic rings. The van der Waals surface area contributed by atoms with E-state index in [1.165, 1.54) is 77.5 Å². The minimum Gasteiger partial charge on any atom is -0.307 e. The van der Waals surface area contributed by atoms with Crippen LogP contribution in [0.2, 0.25) is 0 Å². The predicted molar refractivity (Wildman–Crippen MR) is 318 cm³/mol. The third-order valence-electron chi connectivity index (χ3n) is 16.6. The third kappa shape index (κ3) is 6.21. The zero-order valence-electron chi connectivity index (χ0n) is 42.1. The highest BCUT2D eigenvalue weighted by Gasteiger charge is 2.52.